The largest absolute Gasteiger partial charge is 0.508 e. The average Bonchev–Trinajstić information content (AvgIpc) is 2.74. The van der Waals surface area contributed by atoms with E-state index in [1.54, 1.807) is 12.1 Å². The lowest BCUT2D eigenvalue weighted by Gasteiger charge is -2.36. The van der Waals surface area contributed by atoms with E-state index in [0.717, 1.165) is 42.9 Å². The van der Waals surface area contributed by atoms with Gasteiger partial charge in [-0.2, -0.15) is 0 Å². The summed E-state index contributed by atoms with van der Waals surface area (Å²) in [6.07, 6.45) is 0. The second kappa shape index (κ2) is 7.90. The molecule has 0 bridgehead atoms. The number of nitrogens with one attached hydrogen (secondary N) is 2. The molecule has 5 heteroatoms. The molecule has 0 spiro atoms. The van der Waals surface area contributed by atoms with Crippen molar-refractivity contribution in [3.8, 4) is 5.75 Å². The van der Waals surface area contributed by atoms with E-state index in [0.29, 0.717) is 0 Å². The van der Waals surface area contributed by atoms with Gasteiger partial charge in [0.2, 0.25) is 0 Å². The summed E-state index contributed by atoms with van der Waals surface area (Å²) in [6.45, 7) is 5.61. The Labute approximate surface area is 165 Å². The number of anilines is 2. The van der Waals surface area contributed by atoms with Crippen molar-refractivity contribution in [2.24, 2.45) is 0 Å². The molecule has 3 aromatic rings. The molecule has 1 aliphatic rings. The highest BCUT2D eigenvalue weighted by Crippen LogP contribution is 2.19. The van der Waals surface area contributed by atoms with Crippen molar-refractivity contribution >= 4 is 28.1 Å². The zero-order valence-corrected chi connectivity index (χ0v) is 16.1. The van der Waals surface area contributed by atoms with E-state index in [1.807, 2.05) is 49.4 Å². The zero-order valence-electron chi connectivity index (χ0n) is 16.1. The SMILES string of the molecule is C[C@H](C(=O)Nc1ccc2ccccc2c1)[NH+]1CCN(c2ccc(O)cc2)CC1. The van der Waals surface area contributed by atoms with Crippen LogP contribution in [0.4, 0.5) is 11.4 Å². The predicted molar refractivity (Wildman–Crippen MR) is 113 cm³/mol. The van der Waals surface area contributed by atoms with Crippen LogP contribution in [0, 0.1) is 0 Å². The molecular weight excluding hydrogens is 350 g/mol. The van der Waals surface area contributed by atoms with Gasteiger partial charge in [-0.25, -0.2) is 0 Å². The van der Waals surface area contributed by atoms with Crippen LogP contribution in [0.15, 0.2) is 66.7 Å². The number of amides is 1. The molecule has 1 amide bonds. The number of benzene rings is 3. The Bertz CT molecular complexity index is 963. The highest BCUT2D eigenvalue weighted by atomic mass is 16.3. The molecule has 28 heavy (non-hydrogen) atoms. The van der Waals surface area contributed by atoms with Gasteiger partial charge in [0.05, 0.1) is 26.2 Å². The Hall–Kier alpha value is -3.05. The molecule has 1 saturated heterocycles. The minimum Gasteiger partial charge on any atom is -0.508 e. The van der Waals surface area contributed by atoms with Crippen LogP contribution in [-0.4, -0.2) is 43.2 Å². The summed E-state index contributed by atoms with van der Waals surface area (Å²) in [5, 5.41) is 14.8. The predicted octanol–water partition coefficient (Wildman–Crippen LogP) is 2.28. The van der Waals surface area contributed by atoms with Gasteiger partial charge >= 0.3 is 0 Å². The van der Waals surface area contributed by atoms with Crippen molar-refractivity contribution in [2.45, 2.75) is 13.0 Å². The minimum absolute atomic E-state index is 0.0587. The number of phenolic OH excluding ortho intramolecular Hbond substituents is 1. The molecule has 0 unspecified atom stereocenters. The van der Waals surface area contributed by atoms with Crippen molar-refractivity contribution in [3.63, 3.8) is 0 Å². The van der Waals surface area contributed by atoms with Gasteiger partial charge in [-0.1, -0.05) is 30.3 Å². The number of fused-ring (bicyclic) bond motifs is 1. The number of quaternary nitrogens is 1. The van der Waals surface area contributed by atoms with Crippen molar-refractivity contribution < 1.29 is 14.8 Å². The Morgan fingerprint density at radius 3 is 2.39 bits per heavy atom. The molecule has 5 nitrogen and oxygen atoms in total. The molecule has 3 N–H and O–H groups in total. The fourth-order valence-corrected chi connectivity index (χ4v) is 3.85. The van der Waals surface area contributed by atoms with Gasteiger partial charge in [0.1, 0.15) is 5.75 Å². The van der Waals surface area contributed by atoms with Crippen molar-refractivity contribution in [1.29, 1.82) is 0 Å². The standard InChI is InChI=1S/C23H25N3O2/c1-17(23(28)24-20-7-6-18-4-2-3-5-19(18)16-20)25-12-14-26(15-13-25)21-8-10-22(27)11-9-21/h2-11,16-17,27H,12-15H2,1H3,(H,24,28)/p+1/t17-/m1/s1. The fourth-order valence-electron chi connectivity index (χ4n) is 3.85. The number of hydrogen-bond donors (Lipinski definition) is 3. The van der Waals surface area contributed by atoms with Crippen molar-refractivity contribution in [2.75, 3.05) is 36.4 Å². The fraction of sp³-hybridized carbons (Fsp3) is 0.261. The first-order valence-corrected chi connectivity index (χ1v) is 9.78. The summed E-state index contributed by atoms with van der Waals surface area (Å²) in [7, 11) is 0. The highest BCUT2D eigenvalue weighted by Gasteiger charge is 2.29. The Balaban J connectivity index is 1.35. The van der Waals surface area contributed by atoms with E-state index in [2.05, 4.69) is 22.3 Å². The van der Waals surface area contributed by atoms with Crippen LogP contribution in [0.3, 0.4) is 0 Å². The van der Waals surface area contributed by atoms with E-state index in [9.17, 15) is 9.90 Å². The Kier molecular flexibility index (Phi) is 5.17. The first kappa shape index (κ1) is 18.3. The second-order valence-electron chi connectivity index (χ2n) is 7.43. The van der Waals surface area contributed by atoms with E-state index < -0.39 is 0 Å². The van der Waals surface area contributed by atoms with Gasteiger partial charge in [-0.05, 0) is 54.1 Å². The first-order chi connectivity index (χ1) is 13.6. The van der Waals surface area contributed by atoms with E-state index in [-0.39, 0.29) is 17.7 Å². The summed E-state index contributed by atoms with van der Waals surface area (Å²) in [5.41, 5.74) is 1.96. The maximum Gasteiger partial charge on any atom is 0.282 e. The number of hydrogen-bond acceptors (Lipinski definition) is 3. The molecule has 3 aromatic carbocycles. The molecule has 1 aliphatic heterocycles. The molecule has 0 aliphatic carbocycles. The van der Waals surface area contributed by atoms with E-state index in [4.69, 9.17) is 0 Å². The number of rotatable bonds is 4. The molecule has 144 valence electrons. The van der Waals surface area contributed by atoms with Gasteiger partial charge < -0.3 is 20.2 Å². The summed E-state index contributed by atoms with van der Waals surface area (Å²) >= 11 is 0. The summed E-state index contributed by atoms with van der Waals surface area (Å²) in [6, 6.07) is 21.4. The molecule has 0 saturated carbocycles. The zero-order chi connectivity index (χ0) is 19.5. The van der Waals surface area contributed by atoms with Crippen molar-refractivity contribution in [1.82, 2.24) is 0 Å². The van der Waals surface area contributed by atoms with Crippen LogP contribution in [0.5, 0.6) is 5.75 Å². The lowest BCUT2D eigenvalue weighted by molar-refractivity contribution is -0.914. The molecular formula is C23H26N3O2+. The lowest BCUT2D eigenvalue weighted by atomic mass is 10.1. The maximum absolute atomic E-state index is 12.8. The topological polar surface area (TPSA) is 57.0 Å². The van der Waals surface area contributed by atoms with Crippen molar-refractivity contribution in [3.05, 3.63) is 66.7 Å². The number of carbonyl (C=O) groups is 1. The quantitative estimate of drug-likeness (QED) is 0.655. The van der Waals surface area contributed by atoms with E-state index in [1.165, 1.54) is 10.3 Å². The number of carbonyl (C=O) groups excluding carboxylic acids is 1. The minimum atomic E-state index is -0.103. The Morgan fingerprint density at radius 1 is 1.00 bits per heavy atom. The van der Waals surface area contributed by atoms with Crippen LogP contribution in [-0.2, 0) is 4.79 Å². The number of nitrogens with zero attached hydrogens (tertiary/aromatic N) is 1. The number of aromatic hydroxyl groups is 1. The van der Waals surface area contributed by atoms with Crippen LogP contribution in [0.2, 0.25) is 0 Å². The monoisotopic (exact) mass is 376 g/mol. The van der Waals surface area contributed by atoms with Crippen LogP contribution in [0.1, 0.15) is 6.92 Å². The van der Waals surface area contributed by atoms with Crippen LogP contribution in [0.25, 0.3) is 10.8 Å². The van der Waals surface area contributed by atoms with E-state index >= 15 is 0 Å². The molecule has 1 heterocycles. The molecule has 1 atom stereocenters. The number of piperazine rings is 1. The second-order valence-corrected chi connectivity index (χ2v) is 7.43. The molecule has 1 fully saturated rings. The summed E-state index contributed by atoms with van der Waals surface area (Å²) in [4.78, 5) is 16.4. The summed E-state index contributed by atoms with van der Waals surface area (Å²) in [5.74, 6) is 0.343. The van der Waals surface area contributed by atoms with Gasteiger partial charge in [-0.15, -0.1) is 0 Å². The molecule has 0 radical (unpaired) electrons. The van der Waals surface area contributed by atoms with Gasteiger partial charge in [0.15, 0.2) is 6.04 Å². The average molecular weight is 376 g/mol. The molecule has 4 rings (SSSR count). The Morgan fingerprint density at radius 2 is 1.68 bits per heavy atom. The van der Waals surface area contributed by atoms with Gasteiger partial charge in [0, 0.05) is 11.4 Å². The highest BCUT2D eigenvalue weighted by molar-refractivity contribution is 5.96. The third-order valence-corrected chi connectivity index (χ3v) is 5.64. The van der Waals surface area contributed by atoms with Gasteiger partial charge in [-0.3, -0.25) is 4.79 Å². The number of phenols is 1. The third-order valence-electron chi connectivity index (χ3n) is 5.64. The van der Waals surface area contributed by atoms with Crippen LogP contribution < -0.4 is 15.1 Å². The van der Waals surface area contributed by atoms with Crippen LogP contribution >= 0.6 is 0 Å². The lowest BCUT2D eigenvalue weighted by Crippen LogP contribution is -3.19. The molecule has 0 aromatic heterocycles. The maximum atomic E-state index is 12.8. The normalized spacial score (nSPS) is 16.1. The first-order valence-electron chi connectivity index (χ1n) is 9.78. The van der Waals surface area contributed by atoms with Gasteiger partial charge in [0.25, 0.3) is 5.91 Å². The third kappa shape index (κ3) is 3.94. The summed E-state index contributed by atoms with van der Waals surface area (Å²) < 4.78 is 0. The smallest absolute Gasteiger partial charge is 0.282 e.